The Morgan fingerprint density at radius 2 is 2.20 bits per heavy atom. The summed E-state index contributed by atoms with van der Waals surface area (Å²) in [6.45, 7) is 1.34. The summed E-state index contributed by atoms with van der Waals surface area (Å²) in [7, 11) is 1.94. The molecule has 1 atom stereocenters. The van der Waals surface area contributed by atoms with E-state index in [2.05, 4.69) is 4.98 Å². The molecular formula is C19H18FN3O2. The molecule has 1 amide bonds. The van der Waals surface area contributed by atoms with Crippen LogP contribution in [-0.2, 0) is 11.8 Å². The lowest BCUT2D eigenvalue weighted by atomic mass is 10.1. The van der Waals surface area contributed by atoms with Crippen molar-refractivity contribution in [1.82, 2.24) is 14.5 Å². The summed E-state index contributed by atoms with van der Waals surface area (Å²) >= 11 is 0. The van der Waals surface area contributed by atoms with E-state index in [4.69, 9.17) is 4.74 Å². The molecular weight excluding hydrogens is 321 g/mol. The van der Waals surface area contributed by atoms with Crippen molar-refractivity contribution in [2.45, 2.75) is 6.04 Å². The lowest BCUT2D eigenvalue weighted by Gasteiger charge is -2.36. The van der Waals surface area contributed by atoms with Gasteiger partial charge in [-0.05, 0) is 30.3 Å². The van der Waals surface area contributed by atoms with Crippen LogP contribution in [0.25, 0.3) is 10.9 Å². The smallest absolute Gasteiger partial charge is 0.256 e. The first-order valence-corrected chi connectivity index (χ1v) is 8.19. The van der Waals surface area contributed by atoms with Crippen LogP contribution in [0, 0.1) is 5.82 Å². The third-order valence-electron chi connectivity index (χ3n) is 4.61. The van der Waals surface area contributed by atoms with Crippen LogP contribution in [0.4, 0.5) is 4.39 Å². The number of hydrogen-bond donors (Lipinski definition) is 0. The van der Waals surface area contributed by atoms with Crippen molar-refractivity contribution in [2.75, 3.05) is 19.8 Å². The van der Waals surface area contributed by atoms with E-state index in [1.165, 1.54) is 12.1 Å². The van der Waals surface area contributed by atoms with Crippen LogP contribution in [0.15, 0.2) is 48.8 Å². The number of benzene rings is 1. The van der Waals surface area contributed by atoms with E-state index in [9.17, 15) is 9.18 Å². The van der Waals surface area contributed by atoms with Gasteiger partial charge in [0, 0.05) is 37.1 Å². The van der Waals surface area contributed by atoms with Crippen molar-refractivity contribution in [2.24, 2.45) is 7.05 Å². The molecule has 1 aliphatic heterocycles. The summed E-state index contributed by atoms with van der Waals surface area (Å²) in [4.78, 5) is 19.3. The number of fused-ring (bicyclic) bond motifs is 1. The summed E-state index contributed by atoms with van der Waals surface area (Å²) in [6.07, 6.45) is 3.55. The molecule has 5 nitrogen and oxygen atoms in total. The average molecular weight is 339 g/mol. The number of carbonyl (C=O) groups is 1. The van der Waals surface area contributed by atoms with Gasteiger partial charge in [0.2, 0.25) is 0 Å². The summed E-state index contributed by atoms with van der Waals surface area (Å²) in [5.41, 5.74) is 1.80. The zero-order valence-electron chi connectivity index (χ0n) is 13.9. The van der Waals surface area contributed by atoms with Gasteiger partial charge in [0.15, 0.2) is 0 Å². The van der Waals surface area contributed by atoms with E-state index in [1.54, 1.807) is 23.2 Å². The molecule has 0 bridgehead atoms. The van der Waals surface area contributed by atoms with Gasteiger partial charge in [-0.25, -0.2) is 4.39 Å². The molecule has 3 heterocycles. The van der Waals surface area contributed by atoms with Crippen molar-refractivity contribution in [3.63, 3.8) is 0 Å². The number of rotatable bonds is 2. The SMILES string of the molecule is Cn1cccc1C1COCCN1C(=O)c1cc(F)cc2cccnc12. The maximum atomic E-state index is 14.0. The van der Waals surface area contributed by atoms with Crippen LogP contribution in [0.5, 0.6) is 0 Å². The van der Waals surface area contributed by atoms with Crippen molar-refractivity contribution < 1.29 is 13.9 Å². The molecule has 1 fully saturated rings. The Bertz CT molecular complexity index is 937. The van der Waals surface area contributed by atoms with Crippen LogP contribution in [0.3, 0.4) is 0 Å². The van der Waals surface area contributed by atoms with E-state index >= 15 is 0 Å². The van der Waals surface area contributed by atoms with Crippen LogP contribution < -0.4 is 0 Å². The fraction of sp³-hybridized carbons (Fsp3) is 0.263. The van der Waals surface area contributed by atoms with Crippen LogP contribution in [0.2, 0.25) is 0 Å². The van der Waals surface area contributed by atoms with E-state index in [1.807, 2.05) is 29.9 Å². The molecule has 4 rings (SSSR count). The molecule has 1 aromatic carbocycles. The highest BCUT2D eigenvalue weighted by atomic mass is 19.1. The van der Waals surface area contributed by atoms with Gasteiger partial charge in [-0.1, -0.05) is 6.07 Å². The van der Waals surface area contributed by atoms with Gasteiger partial charge in [-0.15, -0.1) is 0 Å². The number of aryl methyl sites for hydroxylation is 1. The largest absolute Gasteiger partial charge is 0.377 e. The molecule has 0 radical (unpaired) electrons. The van der Waals surface area contributed by atoms with Crippen LogP contribution in [-0.4, -0.2) is 40.1 Å². The predicted octanol–water partition coefficient (Wildman–Crippen LogP) is 2.93. The molecule has 2 aromatic heterocycles. The van der Waals surface area contributed by atoms with Crippen molar-refractivity contribution >= 4 is 16.8 Å². The molecule has 128 valence electrons. The van der Waals surface area contributed by atoms with Gasteiger partial charge in [0.05, 0.1) is 30.3 Å². The van der Waals surface area contributed by atoms with E-state index < -0.39 is 5.82 Å². The van der Waals surface area contributed by atoms with Gasteiger partial charge in [-0.2, -0.15) is 0 Å². The predicted molar refractivity (Wildman–Crippen MR) is 91.7 cm³/mol. The van der Waals surface area contributed by atoms with Gasteiger partial charge in [-0.3, -0.25) is 9.78 Å². The number of carbonyl (C=O) groups excluding carboxylic acids is 1. The zero-order valence-corrected chi connectivity index (χ0v) is 13.9. The van der Waals surface area contributed by atoms with Gasteiger partial charge < -0.3 is 14.2 Å². The first kappa shape index (κ1) is 15.8. The van der Waals surface area contributed by atoms with Crippen molar-refractivity contribution in [3.05, 3.63) is 65.9 Å². The van der Waals surface area contributed by atoms with Crippen molar-refractivity contribution in [1.29, 1.82) is 0 Å². The second kappa shape index (κ2) is 6.29. The molecule has 0 N–H and O–H groups in total. The van der Waals surface area contributed by atoms with Crippen LogP contribution in [0.1, 0.15) is 22.1 Å². The Balaban J connectivity index is 1.78. The number of aromatic nitrogens is 2. The number of hydrogen-bond acceptors (Lipinski definition) is 3. The molecule has 1 saturated heterocycles. The fourth-order valence-electron chi connectivity index (χ4n) is 3.39. The molecule has 0 spiro atoms. The zero-order chi connectivity index (χ0) is 17.4. The normalized spacial score (nSPS) is 17.8. The lowest BCUT2D eigenvalue weighted by Crippen LogP contribution is -2.44. The number of morpholine rings is 1. The number of halogens is 1. The third-order valence-corrected chi connectivity index (χ3v) is 4.61. The average Bonchev–Trinajstić information content (AvgIpc) is 3.06. The minimum atomic E-state index is -0.437. The quantitative estimate of drug-likeness (QED) is 0.721. The molecule has 0 saturated carbocycles. The maximum Gasteiger partial charge on any atom is 0.256 e. The van der Waals surface area contributed by atoms with Crippen molar-refractivity contribution in [3.8, 4) is 0 Å². The first-order chi connectivity index (χ1) is 12.1. The molecule has 3 aromatic rings. The molecule has 25 heavy (non-hydrogen) atoms. The highest BCUT2D eigenvalue weighted by Crippen LogP contribution is 2.28. The first-order valence-electron chi connectivity index (χ1n) is 8.19. The number of amides is 1. The number of pyridine rings is 1. The van der Waals surface area contributed by atoms with Gasteiger partial charge >= 0.3 is 0 Å². The maximum absolute atomic E-state index is 14.0. The molecule has 6 heteroatoms. The summed E-state index contributed by atoms with van der Waals surface area (Å²) in [6, 6.07) is 9.87. The lowest BCUT2D eigenvalue weighted by molar-refractivity contribution is -0.00455. The fourth-order valence-corrected chi connectivity index (χ4v) is 3.39. The summed E-state index contributed by atoms with van der Waals surface area (Å²) in [5, 5.41) is 0.620. The van der Waals surface area contributed by atoms with Gasteiger partial charge in [0.25, 0.3) is 5.91 Å². The monoisotopic (exact) mass is 339 g/mol. The number of ether oxygens (including phenoxy) is 1. The highest BCUT2D eigenvalue weighted by Gasteiger charge is 2.31. The second-order valence-electron chi connectivity index (χ2n) is 6.16. The molecule has 0 aliphatic carbocycles. The standard InChI is InChI=1S/C19H18FN3O2/c1-22-7-3-5-16(22)17-12-25-9-8-23(17)19(24)15-11-14(20)10-13-4-2-6-21-18(13)15/h2-7,10-11,17H,8-9,12H2,1H3. The van der Waals surface area contributed by atoms with E-state index in [0.717, 1.165) is 5.69 Å². The Labute approximate surface area is 144 Å². The Morgan fingerprint density at radius 3 is 3.00 bits per heavy atom. The molecule has 1 unspecified atom stereocenters. The van der Waals surface area contributed by atoms with E-state index in [0.29, 0.717) is 30.7 Å². The highest BCUT2D eigenvalue weighted by molar-refractivity contribution is 6.05. The minimum absolute atomic E-state index is 0.205. The summed E-state index contributed by atoms with van der Waals surface area (Å²) in [5.74, 6) is -0.662. The number of nitrogens with zero attached hydrogens (tertiary/aromatic N) is 3. The molecule has 1 aliphatic rings. The Morgan fingerprint density at radius 1 is 1.32 bits per heavy atom. The van der Waals surface area contributed by atoms with Gasteiger partial charge in [0.1, 0.15) is 5.82 Å². The summed E-state index contributed by atoms with van der Waals surface area (Å²) < 4.78 is 21.6. The second-order valence-corrected chi connectivity index (χ2v) is 6.16. The Kier molecular flexibility index (Phi) is 3.97. The Hall–Kier alpha value is -2.73. The third kappa shape index (κ3) is 2.78. The van der Waals surface area contributed by atoms with Crippen LogP contribution >= 0.6 is 0 Å². The minimum Gasteiger partial charge on any atom is -0.377 e. The topological polar surface area (TPSA) is 47.4 Å². The van der Waals surface area contributed by atoms with E-state index in [-0.39, 0.29) is 17.5 Å².